The Morgan fingerprint density at radius 3 is 2.52 bits per heavy atom. The topological polar surface area (TPSA) is 75.5 Å². The van der Waals surface area contributed by atoms with Gasteiger partial charge in [-0.05, 0) is 55.9 Å². The summed E-state index contributed by atoms with van der Waals surface area (Å²) in [7, 11) is 0. The first kappa shape index (κ1) is 18.9. The van der Waals surface area contributed by atoms with Crippen LogP contribution in [0.4, 0.5) is 11.4 Å². The van der Waals surface area contributed by atoms with Crippen molar-refractivity contribution in [1.29, 1.82) is 0 Å². The average Bonchev–Trinajstić information content (AvgIpc) is 2.72. The van der Waals surface area contributed by atoms with E-state index in [-0.39, 0.29) is 11.6 Å². The molecule has 1 heterocycles. The van der Waals surface area contributed by atoms with Gasteiger partial charge < -0.3 is 10.2 Å². The van der Waals surface area contributed by atoms with Gasteiger partial charge in [0.2, 0.25) is 0 Å². The Bertz CT molecular complexity index is 784. The highest BCUT2D eigenvalue weighted by Gasteiger charge is 2.12. The van der Waals surface area contributed by atoms with Crippen LogP contribution in [-0.4, -0.2) is 30.5 Å². The average molecular weight is 367 g/mol. The van der Waals surface area contributed by atoms with Crippen molar-refractivity contribution in [3.05, 3.63) is 69.8 Å². The molecule has 0 aliphatic carbocycles. The van der Waals surface area contributed by atoms with Gasteiger partial charge in [-0.3, -0.25) is 14.9 Å². The third-order valence-corrected chi connectivity index (χ3v) is 4.90. The van der Waals surface area contributed by atoms with Gasteiger partial charge in [-0.15, -0.1) is 0 Å². The number of nitro benzene ring substituents is 1. The maximum atomic E-state index is 12.1. The van der Waals surface area contributed by atoms with Crippen molar-refractivity contribution in [2.75, 3.05) is 24.5 Å². The minimum Gasteiger partial charge on any atom is -0.372 e. The van der Waals surface area contributed by atoms with E-state index in [4.69, 9.17) is 0 Å². The first-order valence-electron chi connectivity index (χ1n) is 9.50. The van der Waals surface area contributed by atoms with E-state index in [1.165, 1.54) is 48.7 Å². The summed E-state index contributed by atoms with van der Waals surface area (Å²) in [4.78, 5) is 24.8. The van der Waals surface area contributed by atoms with E-state index >= 15 is 0 Å². The molecule has 1 aliphatic rings. The molecule has 1 fully saturated rings. The smallest absolute Gasteiger partial charge is 0.270 e. The highest BCUT2D eigenvalue weighted by atomic mass is 16.6. The number of hydrogen-bond acceptors (Lipinski definition) is 4. The Morgan fingerprint density at radius 1 is 1.07 bits per heavy atom. The van der Waals surface area contributed by atoms with Crippen LogP contribution in [0.3, 0.4) is 0 Å². The second-order valence-corrected chi connectivity index (χ2v) is 6.88. The summed E-state index contributed by atoms with van der Waals surface area (Å²) >= 11 is 0. The Balaban J connectivity index is 1.44. The van der Waals surface area contributed by atoms with Crippen LogP contribution in [0, 0.1) is 10.1 Å². The number of carbonyl (C=O) groups is 1. The summed E-state index contributed by atoms with van der Waals surface area (Å²) in [5.41, 5.74) is 2.78. The molecule has 1 amide bonds. The van der Waals surface area contributed by atoms with Crippen molar-refractivity contribution in [3.63, 3.8) is 0 Å². The molecule has 1 saturated heterocycles. The van der Waals surface area contributed by atoms with Gasteiger partial charge >= 0.3 is 0 Å². The number of benzene rings is 2. The lowest BCUT2D eigenvalue weighted by molar-refractivity contribution is -0.384. The van der Waals surface area contributed by atoms with E-state index in [0.717, 1.165) is 25.9 Å². The van der Waals surface area contributed by atoms with Crippen LogP contribution >= 0.6 is 0 Å². The molecule has 6 nitrogen and oxygen atoms in total. The SMILES string of the molecule is O=C(NCCCc1ccc(N2CCCCC2)cc1)c1cccc([N+](=O)[O-])c1. The Morgan fingerprint density at radius 2 is 1.81 bits per heavy atom. The molecule has 3 rings (SSSR count). The number of nitrogens with one attached hydrogen (secondary N) is 1. The second-order valence-electron chi connectivity index (χ2n) is 6.88. The molecule has 0 unspecified atom stereocenters. The summed E-state index contributed by atoms with van der Waals surface area (Å²) in [6, 6.07) is 14.5. The quantitative estimate of drug-likeness (QED) is 0.457. The van der Waals surface area contributed by atoms with E-state index in [0.29, 0.717) is 12.1 Å². The lowest BCUT2D eigenvalue weighted by atomic mass is 10.1. The normalized spacial score (nSPS) is 14.0. The van der Waals surface area contributed by atoms with Crippen molar-refractivity contribution in [2.45, 2.75) is 32.1 Å². The third kappa shape index (κ3) is 5.29. The highest BCUT2D eigenvalue weighted by Crippen LogP contribution is 2.20. The standard InChI is InChI=1S/C21H25N3O3/c25-21(18-7-4-8-20(16-18)24(26)27)22-13-5-6-17-9-11-19(12-10-17)23-14-2-1-3-15-23/h4,7-12,16H,1-3,5-6,13-15H2,(H,22,25). The number of anilines is 1. The molecule has 0 aromatic heterocycles. The summed E-state index contributed by atoms with van der Waals surface area (Å²) in [5, 5.41) is 13.6. The molecule has 0 radical (unpaired) electrons. The van der Waals surface area contributed by atoms with E-state index in [1.54, 1.807) is 6.07 Å². The summed E-state index contributed by atoms with van der Waals surface area (Å²) < 4.78 is 0. The number of nitrogens with zero attached hydrogens (tertiary/aromatic N) is 2. The Hall–Kier alpha value is -2.89. The van der Waals surface area contributed by atoms with Crippen molar-refractivity contribution in [3.8, 4) is 0 Å². The van der Waals surface area contributed by atoms with E-state index in [1.807, 2.05) is 0 Å². The fraction of sp³-hybridized carbons (Fsp3) is 0.381. The van der Waals surface area contributed by atoms with Crippen molar-refractivity contribution < 1.29 is 9.72 Å². The van der Waals surface area contributed by atoms with Crippen molar-refractivity contribution in [2.24, 2.45) is 0 Å². The van der Waals surface area contributed by atoms with Gasteiger partial charge in [0.15, 0.2) is 0 Å². The number of nitro groups is 1. The minimum absolute atomic E-state index is 0.0727. The lowest BCUT2D eigenvalue weighted by Crippen LogP contribution is -2.29. The van der Waals surface area contributed by atoms with Crippen LogP contribution in [0.25, 0.3) is 0 Å². The lowest BCUT2D eigenvalue weighted by Gasteiger charge is -2.28. The summed E-state index contributed by atoms with van der Waals surface area (Å²) in [6.07, 6.45) is 5.58. The molecule has 1 aliphatic heterocycles. The van der Waals surface area contributed by atoms with Gasteiger partial charge in [0, 0.05) is 43.0 Å². The largest absolute Gasteiger partial charge is 0.372 e. The second kappa shape index (κ2) is 9.16. The maximum Gasteiger partial charge on any atom is 0.270 e. The van der Waals surface area contributed by atoms with Gasteiger partial charge in [0.25, 0.3) is 11.6 Å². The predicted molar refractivity (Wildman–Crippen MR) is 106 cm³/mol. The molecule has 27 heavy (non-hydrogen) atoms. The van der Waals surface area contributed by atoms with Gasteiger partial charge in [0.1, 0.15) is 0 Å². The number of non-ortho nitro benzene ring substituents is 1. The van der Waals surface area contributed by atoms with E-state index < -0.39 is 4.92 Å². The first-order chi connectivity index (χ1) is 13.1. The van der Waals surface area contributed by atoms with Crippen LogP contribution in [0.5, 0.6) is 0 Å². The highest BCUT2D eigenvalue weighted by molar-refractivity contribution is 5.94. The molecule has 142 valence electrons. The van der Waals surface area contributed by atoms with Crippen LogP contribution in [-0.2, 0) is 6.42 Å². The molecule has 0 spiro atoms. The van der Waals surface area contributed by atoms with Crippen LogP contribution < -0.4 is 10.2 Å². The van der Waals surface area contributed by atoms with Gasteiger partial charge in [-0.2, -0.15) is 0 Å². The molecule has 0 atom stereocenters. The molecule has 1 N–H and O–H groups in total. The van der Waals surface area contributed by atoms with E-state index in [2.05, 4.69) is 34.5 Å². The molecule has 2 aromatic rings. The molecule has 0 saturated carbocycles. The number of piperidine rings is 1. The van der Waals surface area contributed by atoms with Crippen LogP contribution in [0.15, 0.2) is 48.5 Å². The Kier molecular flexibility index (Phi) is 6.41. The maximum absolute atomic E-state index is 12.1. The molecule has 6 heteroatoms. The number of rotatable bonds is 7. The van der Waals surface area contributed by atoms with E-state index in [9.17, 15) is 14.9 Å². The number of carbonyl (C=O) groups excluding carboxylic acids is 1. The van der Waals surface area contributed by atoms with Crippen molar-refractivity contribution >= 4 is 17.3 Å². The molecular weight excluding hydrogens is 342 g/mol. The molecule has 2 aromatic carbocycles. The zero-order valence-electron chi connectivity index (χ0n) is 15.4. The number of amides is 1. The minimum atomic E-state index is -0.496. The number of aryl methyl sites for hydroxylation is 1. The fourth-order valence-corrected chi connectivity index (χ4v) is 3.38. The van der Waals surface area contributed by atoms with Crippen molar-refractivity contribution in [1.82, 2.24) is 5.32 Å². The zero-order chi connectivity index (χ0) is 19.1. The third-order valence-electron chi connectivity index (χ3n) is 4.90. The number of hydrogen-bond donors (Lipinski definition) is 1. The predicted octanol–water partition coefficient (Wildman–Crippen LogP) is 3.95. The van der Waals surface area contributed by atoms with Crippen LogP contribution in [0.2, 0.25) is 0 Å². The van der Waals surface area contributed by atoms with Gasteiger partial charge in [-0.1, -0.05) is 18.2 Å². The molecular formula is C21H25N3O3. The Labute approximate surface area is 159 Å². The first-order valence-corrected chi connectivity index (χ1v) is 9.50. The summed E-state index contributed by atoms with van der Waals surface area (Å²) in [5.74, 6) is -0.279. The van der Waals surface area contributed by atoms with Crippen LogP contribution in [0.1, 0.15) is 41.6 Å². The van der Waals surface area contributed by atoms with Gasteiger partial charge in [-0.25, -0.2) is 0 Å². The molecule has 0 bridgehead atoms. The summed E-state index contributed by atoms with van der Waals surface area (Å²) in [6.45, 7) is 2.82. The monoisotopic (exact) mass is 367 g/mol. The fourth-order valence-electron chi connectivity index (χ4n) is 3.38. The zero-order valence-corrected chi connectivity index (χ0v) is 15.4. The van der Waals surface area contributed by atoms with Gasteiger partial charge in [0.05, 0.1) is 4.92 Å².